The third kappa shape index (κ3) is 4.51. The highest BCUT2D eigenvalue weighted by atomic mass is 16.6. The fourth-order valence-corrected chi connectivity index (χ4v) is 3.83. The second-order valence-electron chi connectivity index (χ2n) is 8.45. The fraction of sp³-hybridized carbons (Fsp3) is 0.842. The van der Waals surface area contributed by atoms with Crippen LogP contribution in [0.2, 0.25) is 0 Å². The van der Waals surface area contributed by atoms with Crippen molar-refractivity contribution in [3.8, 4) is 0 Å². The van der Waals surface area contributed by atoms with Gasteiger partial charge >= 0.3 is 6.09 Å². The monoisotopic (exact) mass is 336 g/mol. The van der Waals surface area contributed by atoms with Crippen molar-refractivity contribution < 1.29 is 14.3 Å². The van der Waals surface area contributed by atoms with Gasteiger partial charge < -0.3 is 9.47 Å². The smallest absolute Gasteiger partial charge is 0.429 e. The molecular formula is C19H32N2O3. The zero-order valence-electron chi connectivity index (χ0n) is 15.3. The largest absolute Gasteiger partial charge is 0.442 e. The van der Waals surface area contributed by atoms with Crippen LogP contribution in [0.25, 0.3) is 0 Å². The van der Waals surface area contributed by atoms with Crippen LogP contribution in [-0.2, 0) is 9.47 Å². The summed E-state index contributed by atoms with van der Waals surface area (Å²) >= 11 is 0. The van der Waals surface area contributed by atoms with E-state index in [1.165, 1.54) is 43.5 Å². The molecule has 2 fully saturated rings. The van der Waals surface area contributed by atoms with Crippen LogP contribution in [0.1, 0.15) is 65.7 Å². The zero-order valence-corrected chi connectivity index (χ0v) is 15.3. The van der Waals surface area contributed by atoms with Crippen LogP contribution in [0, 0.1) is 17.8 Å². The summed E-state index contributed by atoms with van der Waals surface area (Å²) in [7, 11) is 0. The van der Waals surface area contributed by atoms with Gasteiger partial charge in [0.25, 0.3) is 0 Å². The number of hydrogen-bond acceptors (Lipinski definition) is 4. The molecule has 1 N–H and O–H groups in total. The molecule has 1 atom stereocenters. The number of hydrogen-bond donors (Lipinski definition) is 1. The number of nitrogens with zero attached hydrogens (tertiary/aromatic N) is 1. The first kappa shape index (κ1) is 17.7. The van der Waals surface area contributed by atoms with Crippen LogP contribution in [0.5, 0.6) is 0 Å². The van der Waals surface area contributed by atoms with Gasteiger partial charge in [0.1, 0.15) is 11.8 Å². The Morgan fingerprint density at radius 2 is 1.83 bits per heavy atom. The summed E-state index contributed by atoms with van der Waals surface area (Å²) in [6.07, 6.45) is 12.5. The fourth-order valence-electron chi connectivity index (χ4n) is 3.83. The molecule has 2 saturated carbocycles. The number of carbonyl (C=O) groups excluding carboxylic acids is 1. The Hall–Kier alpha value is -1.07. The molecule has 3 aliphatic rings. The Morgan fingerprint density at radius 1 is 1.21 bits per heavy atom. The SMILES string of the molecule is CC(C)(C)OC(=O)N1C=CC(OCCC(C2CCC2)C2CCC2)N1. The van der Waals surface area contributed by atoms with Crippen LogP contribution in [0.3, 0.4) is 0 Å². The van der Waals surface area contributed by atoms with Crippen molar-refractivity contribution in [1.82, 2.24) is 10.4 Å². The molecule has 0 aromatic carbocycles. The molecule has 0 radical (unpaired) electrons. The van der Waals surface area contributed by atoms with Crippen molar-refractivity contribution in [2.75, 3.05) is 6.61 Å². The minimum Gasteiger partial charge on any atom is -0.442 e. The summed E-state index contributed by atoms with van der Waals surface area (Å²) in [5.41, 5.74) is 2.53. The zero-order chi connectivity index (χ0) is 17.2. The molecule has 1 heterocycles. The third-order valence-corrected chi connectivity index (χ3v) is 5.53. The van der Waals surface area contributed by atoms with Crippen LogP contribution < -0.4 is 5.43 Å². The molecule has 5 nitrogen and oxygen atoms in total. The van der Waals surface area contributed by atoms with Crippen molar-refractivity contribution in [3.05, 3.63) is 12.3 Å². The van der Waals surface area contributed by atoms with Gasteiger partial charge in [-0.2, -0.15) is 5.43 Å². The molecule has 0 bridgehead atoms. The Morgan fingerprint density at radius 3 is 2.33 bits per heavy atom. The van der Waals surface area contributed by atoms with Gasteiger partial charge in [-0.3, -0.25) is 0 Å². The maximum Gasteiger partial charge on any atom is 0.429 e. The summed E-state index contributed by atoms with van der Waals surface area (Å²) in [6, 6.07) is 0. The van der Waals surface area contributed by atoms with Gasteiger partial charge in [-0.05, 0) is 51.0 Å². The van der Waals surface area contributed by atoms with Crippen LogP contribution in [0.4, 0.5) is 4.79 Å². The van der Waals surface area contributed by atoms with Crippen molar-refractivity contribution >= 4 is 6.09 Å². The Balaban J connectivity index is 1.38. The molecule has 0 aromatic rings. The number of hydrazine groups is 1. The number of amides is 1. The lowest BCUT2D eigenvalue weighted by atomic mass is 9.63. The van der Waals surface area contributed by atoms with E-state index in [1.807, 2.05) is 26.8 Å². The van der Waals surface area contributed by atoms with Gasteiger partial charge in [0.15, 0.2) is 0 Å². The molecule has 1 unspecified atom stereocenters. The summed E-state index contributed by atoms with van der Waals surface area (Å²) < 4.78 is 11.3. The molecule has 24 heavy (non-hydrogen) atoms. The standard InChI is InChI=1S/C19H32N2O3/c1-19(2,3)24-18(22)21-12-10-17(20-21)23-13-11-16(14-6-4-7-14)15-8-5-9-15/h10,12,14-17,20H,4-9,11,13H2,1-3H3. The number of carbonyl (C=O) groups is 1. The van der Waals surface area contributed by atoms with Crippen LogP contribution in [0.15, 0.2) is 12.3 Å². The highest BCUT2D eigenvalue weighted by Gasteiger charge is 2.36. The van der Waals surface area contributed by atoms with E-state index in [0.717, 1.165) is 30.8 Å². The van der Waals surface area contributed by atoms with E-state index in [9.17, 15) is 4.79 Å². The van der Waals surface area contributed by atoms with Crippen molar-refractivity contribution in [2.24, 2.45) is 17.8 Å². The first-order valence-corrected chi connectivity index (χ1v) is 9.51. The van der Waals surface area contributed by atoms with Gasteiger partial charge in [0, 0.05) is 12.8 Å². The molecule has 0 aromatic heterocycles. The van der Waals surface area contributed by atoms with Gasteiger partial charge in [0.05, 0.1) is 0 Å². The van der Waals surface area contributed by atoms with Crippen molar-refractivity contribution in [3.63, 3.8) is 0 Å². The molecule has 1 amide bonds. The molecule has 0 spiro atoms. The topological polar surface area (TPSA) is 50.8 Å². The summed E-state index contributed by atoms with van der Waals surface area (Å²) in [5, 5.41) is 1.37. The highest BCUT2D eigenvalue weighted by molar-refractivity contribution is 5.69. The molecule has 2 aliphatic carbocycles. The molecule has 3 rings (SSSR count). The predicted molar refractivity (Wildman–Crippen MR) is 92.9 cm³/mol. The molecule has 5 heteroatoms. The van der Waals surface area contributed by atoms with Gasteiger partial charge in [-0.15, -0.1) is 0 Å². The lowest BCUT2D eigenvalue weighted by molar-refractivity contribution is -0.0113. The number of rotatable bonds is 6. The lowest BCUT2D eigenvalue weighted by Gasteiger charge is -2.42. The van der Waals surface area contributed by atoms with Crippen molar-refractivity contribution in [2.45, 2.75) is 77.5 Å². The maximum atomic E-state index is 12.0. The van der Waals surface area contributed by atoms with E-state index in [4.69, 9.17) is 9.47 Å². The Labute approximate surface area is 145 Å². The van der Waals surface area contributed by atoms with E-state index < -0.39 is 11.7 Å². The van der Waals surface area contributed by atoms with Gasteiger partial charge in [-0.25, -0.2) is 9.80 Å². The minimum absolute atomic E-state index is 0.235. The average Bonchev–Trinajstić information content (AvgIpc) is 2.81. The second-order valence-corrected chi connectivity index (χ2v) is 8.45. The Kier molecular flexibility index (Phi) is 5.50. The maximum absolute atomic E-state index is 12.0. The molecule has 1 aliphatic heterocycles. The lowest BCUT2D eigenvalue weighted by Crippen LogP contribution is -2.43. The highest BCUT2D eigenvalue weighted by Crippen LogP contribution is 2.45. The Bertz CT molecular complexity index is 450. The summed E-state index contributed by atoms with van der Waals surface area (Å²) in [4.78, 5) is 12.0. The molecular weight excluding hydrogens is 304 g/mol. The summed E-state index contributed by atoms with van der Waals surface area (Å²) in [6.45, 7) is 6.33. The van der Waals surface area contributed by atoms with Gasteiger partial charge in [-0.1, -0.05) is 38.5 Å². The van der Waals surface area contributed by atoms with E-state index >= 15 is 0 Å². The van der Waals surface area contributed by atoms with E-state index in [0.29, 0.717) is 0 Å². The van der Waals surface area contributed by atoms with E-state index in [1.54, 1.807) is 6.20 Å². The van der Waals surface area contributed by atoms with Crippen molar-refractivity contribution in [1.29, 1.82) is 0 Å². The quantitative estimate of drug-likeness (QED) is 0.789. The van der Waals surface area contributed by atoms with Crippen LogP contribution in [-0.4, -0.2) is 29.5 Å². The number of nitrogens with one attached hydrogen (secondary N) is 1. The van der Waals surface area contributed by atoms with E-state index in [2.05, 4.69) is 5.43 Å². The normalized spacial score (nSPS) is 25.0. The second kappa shape index (κ2) is 7.44. The molecule has 0 saturated heterocycles. The minimum atomic E-state index is -0.496. The number of ether oxygens (including phenoxy) is 2. The third-order valence-electron chi connectivity index (χ3n) is 5.53. The predicted octanol–water partition coefficient (Wildman–Crippen LogP) is 4.20. The summed E-state index contributed by atoms with van der Waals surface area (Å²) in [5.74, 6) is 2.72. The molecule has 136 valence electrons. The first-order chi connectivity index (χ1) is 11.4. The average molecular weight is 336 g/mol. The first-order valence-electron chi connectivity index (χ1n) is 9.51. The van der Waals surface area contributed by atoms with E-state index in [-0.39, 0.29) is 6.23 Å². The van der Waals surface area contributed by atoms with Crippen LogP contribution >= 0.6 is 0 Å². The van der Waals surface area contributed by atoms with Gasteiger partial charge in [0.2, 0.25) is 0 Å².